The van der Waals surface area contributed by atoms with Gasteiger partial charge in [-0.2, -0.15) is 0 Å². The highest BCUT2D eigenvalue weighted by Gasteiger charge is 2.48. The molecule has 1 aliphatic heterocycles. The Kier molecular flexibility index (Phi) is 3.22. The summed E-state index contributed by atoms with van der Waals surface area (Å²) in [4.78, 5) is 26.1. The Morgan fingerprint density at radius 2 is 1.52 bits per heavy atom. The third-order valence-corrected chi connectivity index (χ3v) is 3.81. The van der Waals surface area contributed by atoms with E-state index in [9.17, 15) is 9.59 Å². The van der Waals surface area contributed by atoms with Gasteiger partial charge in [0, 0.05) is 0 Å². The molecule has 0 saturated carbocycles. The summed E-state index contributed by atoms with van der Waals surface area (Å²) in [5.41, 5.74) is 0.727. The molecule has 2 aromatic carbocycles. The molecule has 3 rings (SSSR count). The lowest BCUT2D eigenvalue weighted by Gasteiger charge is -2.22. The predicted molar refractivity (Wildman–Crippen MR) is 79.3 cm³/mol. The van der Waals surface area contributed by atoms with Gasteiger partial charge in [-0.3, -0.25) is 9.69 Å². The van der Waals surface area contributed by atoms with Crippen molar-refractivity contribution in [1.82, 2.24) is 10.2 Å². The van der Waals surface area contributed by atoms with Gasteiger partial charge in [-0.25, -0.2) is 4.79 Å². The lowest BCUT2D eigenvalue weighted by molar-refractivity contribution is -0.131. The molecule has 4 nitrogen and oxygen atoms in total. The monoisotopic (exact) mass is 280 g/mol. The van der Waals surface area contributed by atoms with Crippen LogP contribution in [-0.4, -0.2) is 16.8 Å². The van der Waals surface area contributed by atoms with E-state index in [1.54, 1.807) is 6.92 Å². The first-order chi connectivity index (χ1) is 10.1. The standard InChI is InChI=1S/C17H16N2O2/c1-17(14-10-6-3-7-11-14)15(20)19(16(21)18-17)12-13-8-4-2-5-9-13/h2-11H,12H2,1H3,(H,18,21)/t17-/m1/s1. The summed E-state index contributed by atoms with van der Waals surface area (Å²) in [7, 11) is 0. The minimum atomic E-state index is -0.993. The van der Waals surface area contributed by atoms with E-state index in [1.807, 2.05) is 60.7 Å². The van der Waals surface area contributed by atoms with Crippen LogP contribution in [0.15, 0.2) is 60.7 Å². The molecule has 0 aliphatic carbocycles. The Labute approximate surface area is 123 Å². The van der Waals surface area contributed by atoms with Crippen molar-refractivity contribution in [3.8, 4) is 0 Å². The molecule has 4 heteroatoms. The molecule has 1 aliphatic rings. The number of carbonyl (C=O) groups is 2. The topological polar surface area (TPSA) is 49.4 Å². The van der Waals surface area contributed by atoms with E-state index >= 15 is 0 Å². The maximum atomic E-state index is 12.7. The van der Waals surface area contributed by atoms with Gasteiger partial charge < -0.3 is 5.32 Å². The minimum Gasteiger partial charge on any atom is -0.319 e. The molecular weight excluding hydrogens is 264 g/mol. The van der Waals surface area contributed by atoms with Crippen LogP contribution >= 0.6 is 0 Å². The van der Waals surface area contributed by atoms with Gasteiger partial charge in [-0.1, -0.05) is 60.7 Å². The molecule has 1 N–H and O–H groups in total. The molecule has 0 radical (unpaired) electrons. The van der Waals surface area contributed by atoms with Crippen molar-refractivity contribution in [2.75, 3.05) is 0 Å². The van der Waals surface area contributed by atoms with Gasteiger partial charge in [-0.15, -0.1) is 0 Å². The number of rotatable bonds is 3. The van der Waals surface area contributed by atoms with Gasteiger partial charge >= 0.3 is 6.03 Å². The van der Waals surface area contributed by atoms with Crippen LogP contribution in [0.25, 0.3) is 0 Å². The van der Waals surface area contributed by atoms with E-state index in [1.165, 1.54) is 4.90 Å². The van der Waals surface area contributed by atoms with Crippen LogP contribution in [0.5, 0.6) is 0 Å². The Bertz CT molecular complexity index is 670. The second-order valence-electron chi connectivity index (χ2n) is 5.30. The van der Waals surface area contributed by atoms with Gasteiger partial charge in [0.05, 0.1) is 6.54 Å². The average Bonchev–Trinajstić information content (AvgIpc) is 2.74. The van der Waals surface area contributed by atoms with Crippen LogP contribution in [0.1, 0.15) is 18.1 Å². The smallest absolute Gasteiger partial charge is 0.319 e. The molecule has 21 heavy (non-hydrogen) atoms. The average molecular weight is 280 g/mol. The summed E-state index contributed by atoms with van der Waals surface area (Å²) in [6, 6.07) is 18.5. The van der Waals surface area contributed by atoms with Crippen molar-refractivity contribution in [2.24, 2.45) is 0 Å². The molecule has 2 aromatic rings. The summed E-state index contributed by atoms with van der Waals surface area (Å²) < 4.78 is 0. The molecular formula is C17H16N2O2. The Morgan fingerprint density at radius 3 is 2.14 bits per heavy atom. The normalized spacial score (nSPS) is 21.5. The lowest BCUT2D eigenvalue weighted by Crippen LogP contribution is -2.40. The minimum absolute atomic E-state index is 0.220. The summed E-state index contributed by atoms with van der Waals surface area (Å²) in [6.45, 7) is 2.03. The van der Waals surface area contributed by atoms with E-state index in [0.29, 0.717) is 0 Å². The van der Waals surface area contributed by atoms with Gasteiger partial charge in [0.25, 0.3) is 5.91 Å². The number of amides is 3. The van der Waals surface area contributed by atoms with E-state index in [0.717, 1.165) is 11.1 Å². The van der Waals surface area contributed by atoms with Gasteiger partial charge in [0.15, 0.2) is 0 Å². The Balaban J connectivity index is 1.89. The molecule has 0 unspecified atom stereocenters. The fourth-order valence-electron chi connectivity index (χ4n) is 2.57. The van der Waals surface area contributed by atoms with Gasteiger partial charge in [0.1, 0.15) is 5.54 Å². The van der Waals surface area contributed by atoms with Crippen molar-refractivity contribution in [2.45, 2.75) is 19.0 Å². The highest BCUT2D eigenvalue weighted by atomic mass is 16.2. The van der Waals surface area contributed by atoms with Crippen molar-refractivity contribution < 1.29 is 9.59 Å². The third kappa shape index (κ3) is 2.29. The predicted octanol–water partition coefficient (Wildman–Crippen LogP) is 2.65. The number of benzene rings is 2. The van der Waals surface area contributed by atoms with Crippen LogP contribution in [-0.2, 0) is 16.9 Å². The van der Waals surface area contributed by atoms with E-state index in [-0.39, 0.29) is 18.5 Å². The van der Waals surface area contributed by atoms with Crippen LogP contribution in [0.3, 0.4) is 0 Å². The van der Waals surface area contributed by atoms with Gasteiger partial charge in [0.2, 0.25) is 0 Å². The fraction of sp³-hybridized carbons (Fsp3) is 0.176. The first-order valence-corrected chi connectivity index (χ1v) is 6.85. The quantitative estimate of drug-likeness (QED) is 0.879. The van der Waals surface area contributed by atoms with Crippen LogP contribution in [0.4, 0.5) is 4.79 Å². The van der Waals surface area contributed by atoms with E-state index in [2.05, 4.69) is 5.32 Å². The molecule has 1 heterocycles. The van der Waals surface area contributed by atoms with Crippen molar-refractivity contribution in [1.29, 1.82) is 0 Å². The lowest BCUT2D eigenvalue weighted by atomic mass is 9.92. The fourth-order valence-corrected chi connectivity index (χ4v) is 2.57. The van der Waals surface area contributed by atoms with Gasteiger partial charge in [-0.05, 0) is 18.1 Å². The second-order valence-corrected chi connectivity index (χ2v) is 5.30. The zero-order valence-electron chi connectivity index (χ0n) is 11.7. The van der Waals surface area contributed by atoms with Crippen LogP contribution in [0, 0.1) is 0 Å². The van der Waals surface area contributed by atoms with Crippen molar-refractivity contribution in [3.63, 3.8) is 0 Å². The maximum absolute atomic E-state index is 12.7. The summed E-state index contributed by atoms with van der Waals surface area (Å²) in [5.74, 6) is -0.220. The number of nitrogens with zero attached hydrogens (tertiary/aromatic N) is 1. The number of carbonyl (C=O) groups excluding carboxylic acids is 2. The first kappa shape index (κ1) is 13.4. The van der Waals surface area contributed by atoms with E-state index in [4.69, 9.17) is 0 Å². The summed E-state index contributed by atoms with van der Waals surface area (Å²) in [6.07, 6.45) is 0. The van der Waals surface area contributed by atoms with Crippen molar-refractivity contribution in [3.05, 3.63) is 71.8 Å². The number of hydrogen-bond acceptors (Lipinski definition) is 2. The Hall–Kier alpha value is -2.62. The summed E-state index contributed by atoms with van der Waals surface area (Å²) in [5, 5.41) is 2.80. The maximum Gasteiger partial charge on any atom is 0.325 e. The molecule has 0 bridgehead atoms. The summed E-state index contributed by atoms with van der Waals surface area (Å²) >= 11 is 0. The molecule has 1 fully saturated rings. The number of hydrogen-bond donors (Lipinski definition) is 1. The molecule has 1 atom stereocenters. The second kappa shape index (κ2) is 5.05. The highest BCUT2D eigenvalue weighted by Crippen LogP contribution is 2.29. The number of nitrogens with one attached hydrogen (secondary N) is 1. The molecule has 0 spiro atoms. The largest absolute Gasteiger partial charge is 0.325 e. The van der Waals surface area contributed by atoms with E-state index < -0.39 is 5.54 Å². The van der Waals surface area contributed by atoms with Crippen LogP contribution < -0.4 is 5.32 Å². The molecule has 1 saturated heterocycles. The highest BCUT2D eigenvalue weighted by molar-refractivity contribution is 6.07. The molecule has 106 valence electrons. The van der Waals surface area contributed by atoms with Crippen molar-refractivity contribution >= 4 is 11.9 Å². The zero-order chi connectivity index (χ0) is 14.9. The SMILES string of the molecule is C[C@]1(c2ccccc2)NC(=O)N(Cc2ccccc2)C1=O. The third-order valence-electron chi connectivity index (χ3n) is 3.81. The molecule has 3 amide bonds. The zero-order valence-corrected chi connectivity index (χ0v) is 11.7. The number of imide groups is 1. The number of urea groups is 1. The first-order valence-electron chi connectivity index (χ1n) is 6.85. The van der Waals surface area contributed by atoms with Crippen LogP contribution in [0.2, 0.25) is 0 Å². The Morgan fingerprint density at radius 1 is 0.952 bits per heavy atom. The molecule has 0 aromatic heterocycles.